The molecule has 0 aromatic heterocycles. The fourth-order valence-corrected chi connectivity index (χ4v) is 3.23. The van der Waals surface area contributed by atoms with Crippen molar-refractivity contribution in [3.05, 3.63) is 34.4 Å². The second kappa shape index (κ2) is 7.69. The Bertz CT molecular complexity index is 603. The number of carbonyl (C=O) groups is 1. The first-order valence-corrected chi connectivity index (χ1v) is 8.15. The number of carbonyl (C=O) groups excluding carboxylic acids is 1. The maximum Gasteiger partial charge on any atom is 0.292 e. The Kier molecular flexibility index (Phi) is 5.39. The van der Waals surface area contributed by atoms with Crippen LogP contribution >= 0.6 is 0 Å². The van der Waals surface area contributed by atoms with E-state index in [1.807, 2.05) is 4.90 Å². The van der Waals surface area contributed by atoms with Gasteiger partial charge in [-0.05, 0) is 25.5 Å². The van der Waals surface area contributed by atoms with Gasteiger partial charge in [-0.25, -0.2) is 0 Å². The highest BCUT2D eigenvalue weighted by atomic mass is 16.7. The van der Waals surface area contributed by atoms with E-state index in [4.69, 9.17) is 9.47 Å². The summed E-state index contributed by atoms with van der Waals surface area (Å²) in [4.78, 5) is 24.9. The summed E-state index contributed by atoms with van der Waals surface area (Å²) in [5.41, 5.74) is 0.109. The summed E-state index contributed by atoms with van der Waals surface area (Å²) < 4.78 is 11.2. The highest BCUT2D eigenvalue weighted by Gasteiger charge is 2.34. The van der Waals surface area contributed by atoms with Gasteiger partial charge < -0.3 is 14.8 Å². The molecule has 0 aliphatic carbocycles. The van der Waals surface area contributed by atoms with Crippen LogP contribution in [-0.2, 0) is 14.3 Å². The predicted octanol–water partition coefficient (Wildman–Crippen LogP) is 1.76. The van der Waals surface area contributed by atoms with Crippen LogP contribution in [0.1, 0.15) is 19.3 Å². The van der Waals surface area contributed by atoms with Gasteiger partial charge in [-0.1, -0.05) is 18.6 Å². The van der Waals surface area contributed by atoms with Crippen LogP contribution in [0.3, 0.4) is 0 Å². The first kappa shape index (κ1) is 16.8. The van der Waals surface area contributed by atoms with Crippen LogP contribution in [0.25, 0.3) is 0 Å². The lowest BCUT2D eigenvalue weighted by molar-refractivity contribution is -0.383. The fraction of sp³-hybridized carbons (Fsp3) is 0.562. The van der Waals surface area contributed by atoms with E-state index in [0.29, 0.717) is 13.2 Å². The molecular formula is C16H21N3O5. The van der Waals surface area contributed by atoms with Crippen LogP contribution in [0.5, 0.6) is 0 Å². The van der Waals surface area contributed by atoms with Gasteiger partial charge >= 0.3 is 0 Å². The van der Waals surface area contributed by atoms with E-state index in [0.717, 1.165) is 25.8 Å². The summed E-state index contributed by atoms with van der Waals surface area (Å²) in [5, 5.41) is 13.7. The number of nitro benzene ring substituents is 1. The minimum absolute atomic E-state index is 0.0535. The monoisotopic (exact) mass is 335 g/mol. The number of rotatable bonds is 5. The molecule has 2 aliphatic heterocycles. The van der Waals surface area contributed by atoms with Gasteiger partial charge in [0.25, 0.3) is 5.69 Å². The molecule has 0 bridgehead atoms. The second-order valence-corrected chi connectivity index (χ2v) is 5.97. The maximum atomic E-state index is 12.4. The lowest BCUT2D eigenvalue weighted by Crippen LogP contribution is -2.50. The first-order valence-electron chi connectivity index (χ1n) is 8.15. The third kappa shape index (κ3) is 3.89. The highest BCUT2D eigenvalue weighted by molar-refractivity contribution is 5.94. The van der Waals surface area contributed by atoms with E-state index in [2.05, 4.69) is 5.32 Å². The number of nitrogens with zero attached hydrogens (tertiary/aromatic N) is 2. The maximum absolute atomic E-state index is 12.4. The minimum atomic E-state index is -0.500. The molecule has 8 nitrogen and oxygen atoms in total. The molecule has 0 unspecified atom stereocenters. The van der Waals surface area contributed by atoms with Crippen molar-refractivity contribution < 1.29 is 19.2 Å². The number of nitro groups is 1. The van der Waals surface area contributed by atoms with E-state index in [1.54, 1.807) is 12.1 Å². The van der Waals surface area contributed by atoms with Gasteiger partial charge in [0.1, 0.15) is 5.69 Å². The number of hydrogen-bond acceptors (Lipinski definition) is 6. The number of amides is 1. The van der Waals surface area contributed by atoms with E-state index in [-0.39, 0.29) is 36.2 Å². The molecule has 1 amide bonds. The van der Waals surface area contributed by atoms with Gasteiger partial charge in [0, 0.05) is 6.07 Å². The molecule has 8 heteroatoms. The topological polar surface area (TPSA) is 93.9 Å². The molecule has 2 fully saturated rings. The minimum Gasteiger partial charge on any atom is -0.349 e. The van der Waals surface area contributed by atoms with Crippen LogP contribution in [0.4, 0.5) is 11.4 Å². The Morgan fingerprint density at radius 2 is 2.04 bits per heavy atom. The average molecular weight is 335 g/mol. The molecule has 0 radical (unpaired) electrons. The number of ether oxygens (including phenoxy) is 2. The van der Waals surface area contributed by atoms with Crippen LogP contribution in [0.15, 0.2) is 24.3 Å². The van der Waals surface area contributed by atoms with Crippen molar-refractivity contribution in [3.8, 4) is 0 Å². The number of anilines is 1. The molecule has 24 heavy (non-hydrogen) atoms. The smallest absolute Gasteiger partial charge is 0.292 e. The summed E-state index contributed by atoms with van der Waals surface area (Å²) >= 11 is 0. The number of likely N-dealkylation sites (tertiary alicyclic amines) is 1. The zero-order valence-electron chi connectivity index (χ0n) is 13.3. The van der Waals surface area contributed by atoms with E-state index in [1.165, 1.54) is 12.1 Å². The summed E-state index contributed by atoms with van der Waals surface area (Å²) in [6.45, 7) is 2.12. The van der Waals surface area contributed by atoms with Crippen molar-refractivity contribution in [2.75, 3.05) is 31.6 Å². The van der Waals surface area contributed by atoms with Crippen molar-refractivity contribution >= 4 is 17.3 Å². The van der Waals surface area contributed by atoms with Crippen molar-refractivity contribution in [1.82, 2.24) is 4.90 Å². The zero-order valence-corrected chi connectivity index (χ0v) is 13.3. The van der Waals surface area contributed by atoms with Crippen molar-refractivity contribution in [2.24, 2.45) is 0 Å². The highest BCUT2D eigenvalue weighted by Crippen LogP contribution is 2.25. The van der Waals surface area contributed by atoms with E-state index < -0.39 is 4.92 Å². The third-order valence-electron chi connectivity index (χ3n) is 4.35. The SMILES string of the molecule is O=C(CN1CCCC[C@H]1C1OCCO1)Nc1ccccc1[N+](=O)[O-]. The molecule has 1 atom stereocenters. The Balaban J connectivity index is 1.64. The quantitative estimate of drug-likeness (QED) is 0.651. The average Bonchev–Trinajstić information content (AvgIpc) is 3.10. The number of nitrogens with one attached hydrogen (secondary N) is 1. The predicted molar refractivity (Wildman–Crippen MR) is 86.6 cm³/mol. The van der Waals surface area contributed by atoms with Crippen LogP contribution < -0.4 is 5.32 Å². The van der Waals surface area contributed by atoms with Crippen LogP contribution in [0.2, 0.25) is 0 Å². The summed E-state index contributed by atoms with van der Waals surface area (Å²) in [6.07, 6.45) is 2.73. The number of para-hydroxylation sites is 2. The standard InChI is InChI=1S/C16H21N3O5/c20-15(17-12-5-1-2-6-13(12)19(21)22)11-18-8-4-3-7-14(18)16-23-9-10-24-16/h1-2,5-6,14,16H,3-4,7-11H2,(H,17,20)/t14-/m0/s1. The molecule has 1 aromatic carbocycles. The van der Waals surface area contributed by atoms with Gasteiger partial charge in [0.15, 0.2) is 6.29 Å². The summed E-state index contributed by atoms with van der Waals surface area (Å²) in [6, 6.07) is 6.19. The van der Waals surface area contributed by atoms with Crippen molar-refractivity contribution in [1.29, 1.82) is 0 Å². The molecule has 2 aliphatic rings. The molecule has 0 saturated carbocycles. The summed E-state index contributed by atoms with van der Waals surface area (Å²) in [7, 11) is 0. The van der Waals surface area contributed by atoms with Gasteiger partial charge in [-0.15, -0.1) is 0 Å². The van der Waals surface area contributed by atoms with Crippen molar-refractivity contribution in [2.45, 2.75) is 31.6 Å². The largest absolute Gasteiger partial charge is 0.349 e. The van der Waals surface area contributed by atoms with Crippen LogP contribution in [-0.4, -0.2) is 54.4 Å². The number of benzene rings is 1. The Morgan fingerprint density at radius 3 is 2.79 bits per heavy atom. The molecule has 130 valence electrons. The lowest BCUT2D eigenvalue weighted by Gasteiger charge is -2.37. The van der Waals surface area contributed by atoms with Crippen LogP contribution in [0, 0.1) is 10.1 Å². The van der Waals surface area contributed by atoms with E-state index in [9.17, 15) is 14.9 Å². The lowest BCUT2D eigenvalue weighted by atomic mass is 10.0. The fourth-order valence-electron chi connectivity index (χ4n) is 3.23. The van der Waals surface area contributed by atoms with Gasteiger partial charge in [-0.3, -0.25) is 19.8 Å². The zero-order chi connectivity index (χ0) is 16.9. The molecule has 1 N–H and O–H groups in total. The molecule has 2 saturated heterocycles. The molecular weight excluding hydrogens is 314 g/mol. The Morgan fingerprint density at radius 1 is 1.29 bits per heavy atom. The molecule has 1 aromatic rings. The van der Waals surface area contributed by atoms with E-state index >= 15 is 0 Å². The summed E-state index contributed by atoms with van der Waals surface area (Å²) in [5.74, 6) is -0.269. The first-order chi connectivity index (χ1) is 11.6. The molecule has 0 spiro atoms. The normalized spacial score (nSPS) is 22.4. The van der Waals surface area contributed by atoms with Crippen molar-refractivity contribution in [3.63, 3.8) is 0 Å². The van der Waals surface area contributed by atoms with Gasteiger partial charge in [0.2, 0.25) is 5.91 Å². The van der Waals surface area contributed by atoms with Gasteiger partial charge in [-0.2, -0.15) is 0 Å². The number of piperidine rings is 1. The third-order valence-corrected chi connectivity index (χ3v) is 4.35. The van der Waals surface area contributed by atoms with Gasteiger partial charge in [0.05, 0.1) is 30.7 Å². The molecule has 2 heterocycles. The number of hydrogen-bond donors (Lipinski definition) is 1. The Hall–Kier alpha value is -2.03. The molecule has 3 rings (SSSR count). The Labute approximate surface area is 139 Å². The second-order valence-electron chi connectivity index (χ2n) is 5.97.